The van der Waals surface area contributed by atoms with Gasteiger partial charge in [0.15, 0.2) is 0 Å². The SMILES string of the molecule is O=C(N/N=C/c1ccc2ccccc2c1)c1c[nH]c2ccccc12. The Morgan fingerprint density at radius 2 is 1.75 bits per heavy atom. The summed E-state index contributed by atoms with van der Waals surface area (Å²) in [5, 5.41) is 7.28. The highest BCUT2D eigenvalue weighted by atomic mass is 16.2. The third-order valence-corrected chi connectivity index (χ3v) is 3.99. The Morgan fingerprint density at radius 3 is 2.67 bits per heavy atom. The van der Waals surface area contributed by atoms with Crippen LogP contribution < -0.4 is 5.43 Å². The molecule has 0 saturated carbocycles. The molecular formula is C20H15N3O. The van der Waals surface area contributed by atoms with Crippen molar-refractivity contribution in [2.75, 3.05) is 0 Å². The molecule has 0 atom stereocenters. The van der Waals surface area contributed by atoms with Crippen LogP contribution in [0.2, 0.25) is 0 Å². The minimum Gasteiger partial charge on any atom is -0.360 e. The molecule has 0 unspecified atom stereocenters. The van der Waals surface area contributed by atoms with Crippen molar-refractivity contribution in [2.24, 2.45) is 5.10 Å². The molecule has 0 aliphatic rings. The van der Waals surface area contributed by atoms with Crippen LogP contribution in [-0.4, -0.2) is 17.1 Å². The maximum atomic E-state index is 12.3. The largest absolute Gasteiger partial charge is 0.360 e. The third-order valence-electron chi connectivity index (χ3n) is 3.99. The molecule has 0 saturated heterocycles. The maximum absolute atomic E-state index is 12.3. The number of amides is 1. The van der Waals surface area contributed by atoms with Gasteiger partial charge >= 0.3 is 0 Å². The Hall–Kier alpha value is -3.40. The van der Waals surface area contributed by atoms with Gasteiger partial charge in [-0.05, 0) is 28.5 Å². The Labute approximate surface area is 138 Å². The van der Waals surface area contributed by atoms with Crippen LogP contribution in [0.1, 0.15) is 15.9 Å². The summed E-state index contributed by atoms with van der Waals surface area (Å²) in [6.45, 7) is 0. The van der Waals surface area contributed by atoms with Crippen molar-refractivity contribution in [2.45, 2.75) is 0 Å². The topological polar surface area (TPSA) is 57.2 Å². The molecule has 24 heavy (non-hydrogen) atoms. The summed E-state index contributed by atoms with van der Waals surface area (Å²) < 4.78 is 0. The molecule has 4 rings (SSSR count). The van der Waals surface area contributed by atoms with E-state index in [9.17, 15) is 4.79 Å². The summed E-state index contributed by atoms with van der Waals surface area (Å²) in [7, 11) is 0. The van der Waals surface area contributed by atoms with E-state index in [2.05, 4.69) is 27.6 Å². The second kappa shape index (κ2) is 6.01. The number of hydrazone groups is 1. The Morgan fingerprint density at radius 1 is 0.958 bits per heavy atom. The number of benzene rings is 3. The Kier molecular flexibility index (Phi) is 3.56. The van der Waals surface area contributed by atoms with Gasteiger partial charge in [0, 0.05) is 17.1 Å². The monoisotopic (exact) mass is 313 g/mol. The molecule has 4 heteroatoms. The molecule has 3 aromatic carbocycles. The zero-order valence-corrected chi connectivity index (χ0v) is 12.9. The lowest BCUT2D eigenvalue weighted by Gasteiger charge is -2.00. The molecule has 0 bridgehead atoms. The van der Waals surface area contributed by atoms with Crippen molar-refractivity contribution in [3.05, 3.63) is 84.1 Å². The maximum Gasteiger partial charge on any atom is 0.273 e. The summed E-state index contributed by atoms with van der Waals surface area (Å²) in [5.41, 5.74) is 5.04. The summed E-state index contributed by atoms with van der Waals surface area (Å²) in [4.78, 5) is 15.4. The van der Waals surface area contributed by atoms with Crippen molar-refractivity contribution < 1.29 is 4.79 Å². The number of carbonyl (C=O) groups excluding carboxylic acids is 1. The number of H-pyrrole nitrogens is 1. The number of aromatic amines is 1. The van der Waals surface area contributed by atoms with Crippen LogP contribution in [0.4, 0.5) is 0 Å². The first-order valence-electron chi connectivity index (χ1n) is 7.69. The van der Waals surface area contributed by atoms with Crippen LogP contribution in [0.3, 0.4) is 0 Å². The van der Waals surface area contributed by atoms with Crippen LogP contribution >= 0.6 is 0 Å². The molecule has 2 N–H and O–H groups in total. The number of aromatic nitrogens is 1. The lowest BCUT2D eigenvalue weighted by molar-refractivity contribution is 0.0957. The van der Waals surface area contributed by atoms with E-state index in [4.69, 9.17) is 0 Å². The van der Waals surface area contributed by atoms with Crippen LogP contribution in [0.5, 0.6) is 0 Å². The zero-order valence-electron chi connectivity index (χ0n) is 12.9. The zero-order chi connectivity index (χ0) is 16.4. The smallest absolute Gasteiger partial charge is 0.273 e. The van der Waals surface area contributed by atoms with E-state index in [1.807, 2.05) is 54.6 Å². The summed E-state index contributed by atoms with van der Waals surface area (Å²) in [5.74, 6) is -0.232. The molecule has 4 nitrogen and oxygen atoms in total. The minimum atomic E-state index is -0.232. The number of rotatable bonds is 3. The van der Waals surface area contributed by atoms with Gasteiger partial charge in [-0.15, -0.1) is 0 Å². The van der Waals surface area contributed by atoms with E-state index in [0.29, 0.717) is 5.56 Å². The predicted molar refractivity (Wildman–Crippen MR) is 97.3 cm³/mol. The van der Waals surface area contributed by atoms with Gasteiger partial charge in [-0.25, -0.2) is 5.43 Å². The molecule has 0 spiro atoms. The number of hydrogen-bond donors (Lipinski definition) is 2. The van der Waals surface area contributed by atoms with Crippen molar-refractivity contribution in [3.63, 3.8) is 0 Å². The van der Waals surface area contributed by atoms with Crippen LogP contribution in [0, 0.1) is 0 Å². The number of hydrogen-bond acceptors (Lipinski definition) is 2. The lowest BCUT2D eigenvalue weighted by atomic mass is 10.1. The highest BCUT2D eigenvalue weighted by Crippen LogP contribution is 2.17. The summed E-state index contributed by atoms with van der Waals surface area (Å²) in [6, 6.07) is 21.9. The average molecular weight is 313 g/mol. The predicted octanol–water partition coefficient (Wildman–Crippen LogP) is 4.09. The normalized spacial score (nSPS) is 11.3. The second-order valence-corrected chi connectivity index (χ2v) is 5.55. The van der Waals surface area contributed by atoms with E-state index in [-0.39, 0.29) is 5.91 Å². The number of fused-ring (bicyclic) bond motifs is 2. The average Bonchev–Trinajstić information content (AvgIpc) is 3.06. The summed E-state index contributed by atoms with van der Waals surface area (Å²) >= 11 is 0. The second-order valence-electron chi connectivity index (χ2n) is 5.55. The Balaban J connectivity index is 1.52. The van der Waals surface area contributed by atoms with Crippen molar-refractivity contribution in [1.29, 1.82) is 0 Å². The van der Waals surface area contributed by atoms with Gasteiger partial charge in [-0.2, -0.15) is 5.10 Å². The quantitative estimate of drug-likeness (QED) is 0.434. The van der Waals surface area contributed by atoms with Crippen LogP contribution in [0.25, 0.3) is 21.7 Å². The van der Waals surface area contributed by atoms with Gasteiger partial charge in [0.1, 0.15) is 0 Å². The molecule has 0 aliphatic heterocycles. The molecule has 4 aromatic rings. The minimum absolute atomic E-state index is 0.232. The van der Waals surface area contributed by atoms with Gasteiger partial charge in [-0.1, -0.05) is 54.6 Å². The number of nitrogens with one attached hydrogen (secondary N) is 2. The van der Waals surface area contributed by atoms with Gasteiger partial charge in [0.05, 0.1) is 11.8 Å². The fourth-order valence-electron chi connectivity index (χ4n) is 2.77. The van der Waals surface area contributed by atoms with Crippen molar-refractivity contribution in [1.82, 2.24) is 10.4 Å². The standard InChI is InChI=1S/C20H15N3O/c24-20(18-13-21-19-8-4-3-7-17(18)19)23-22-12-14-9-10-15-5-1-2-6-16(15)11-14/h1-13,21H,(H,23,24)/b22-12+. The van der Waals surface area contributed by atoms with Gasteiger partial charge < -0.3 is 4.98 Å². The molecule has 116 valence electrons. The first kappa shape index (κ1) is 14.2. The molecular weight excluding hydrogens is 298 g/mol. The fraction of sp³-hybridized carbons (Fsp3) is 0. The molecule has 1 heterocycles. The fourth-order valence-corrected chi connectivity index (χ4v) is 2.77. The highest BCUT2D eigenvalue weighted by Gasteiger charge is 2.10. The molecule has 1 aromatic heterocycles. The highest BCUT2D eigenvalue weighted by molar-refractivity contribution is 6.06. The van der Waals surface area contributed by atoms with Crippen molar-refractivity contribution >= 4 is 33.8 Å². The third kappa shape index (κ3) is 2.65. The molecule has 0 fully saturated rings. The van der Waals surface area contributed by atoms with E-state index >= 15 is 0 Å². The van der Waals surface area contributed by atoms with Crippen LogP contribution in [-0.2, 0) is 0 Å². The number of para-hydroxylation sites is 1. The molecule has 0 radical (unpaired) electrons. The summed E-state index contributed by atoms with van der Waals surface area (Å²) in [6.07, 6.45) is 3.35. The van der Waals surface area contributed by atoms with Gasteiger partial charge in [0.25, 0.3) is 5.91 Å². The van der Waals surface area contributed by atoms with Gasteiger partial charge in [0.2, 0.25) is 0 Å². The lowest BCUT2D eigenvalue weighted by Crippen LogP contribution is -2.17. The van der Waals surface area contributed by atoms with Gasteiger partial charge in [-0.3, -0.25) is 4.79 Å². The van der Waals surface area contributed by atoms with E-state index in [1.165, 1.54) is 5.39 Å². The first-order valence-corrected chi connectivity index (χ1v) is 7.69. The first-order chi connectivity index (χ1) is 11.8. The van der Waals surface area contributed by atoms with E-state index in [0.717, 1.165) is 21.9 Å². The Bertz CT molecular complexity index is 1060. The molecule has 1 amide bonds. The van der Waals surface area contributed by atoms with Crippen LogP contribution in [0.15, 0.2) is 78.0 Å². The van der Waals surface area contributed by atoms with E-state index in [1.54, 1.807) is 12.4 Å². The number of nitrogens with zero attached hydrogens (tertiary/aromatic N) is 1. The number of carbonyl (C=O) groups is 1. The molecule has 0 aliphatic carbocycles. The van der Waals surface area contributed by atoms with E-state index < -0.39 is 0 Å². The van der Waals surface area contributed by atoms with Crippen molar-refractivity contribution in [3.8, 4) is 0 Å².